The lowest BCUT2D eigenvalue weighted by atomic mass is 9.75. The number of nitrogens with one attached hydrogen (secondary N) is 3. The molecule has 3 amide bonds. The molecule has 5 aliphatic heterocycles. The van der Waals surface area contributed by atoms with E-state index in [2.05, 4.69) is 38.2 Å². The molecule has 370 valence electrons. The number of aromatic nitrogens is 2. The minimum absolute atomic E-state index is 0.0251. The molecule has 8 rings (SSSR count). The molecule has 15 heteroatoms. The molecule has 3 fully saturated rings. The molecule has 0 bridgehead atoms. The Bertz CT molecular complexity index is 2430. The van der Waals surface area contributed by atoms with Gasteiger partial charge < -0.3 is 29.7 Å². The fourth-order valence-corrected chi connectivity index (χ4v) is 11.5. The van der Waals surface area contributed by atoms with Crippen LogP contribution in [-0.2, 0) is 32.6 Å². The second kappa shape index (κ2) is 22.5. The lowest BCUT2D eigenvalue weighted by molar-refractivity contribution is -0.137. The van der Waals surface area contributed by atoms with Gasteiger partial charge in [0, 0.05) is 112 Å². The molecular formula is C54H71F2N9O4. The van der Waals surface area contributed by atoms with Gasteiger partial charge in [0.05, 0.1) is 12.7 Å². The number of nitrogens with zero attached hydrogens (tertiary/aromatic N) is 6. The van der Waals surface area contributed by atoms with E-state index in [-0.39, 0.29) is 59.7 Å². The second-order valence-electron chi connectivity index (χ2n) is 20.2. The van der Waals surface area contributed by atoms with Crippen molar-refractivity contribution in [2.75, 3.05) is 63.8 Å². The van der Waals surface area contributed by atoms with E-state index in [1.807, 2.05) is 29.2 Å². The van der Waals surface area contributed by atoms with Crippen LogP contribution in [0.25, 0.3) is 16.7 Å². The Balaban J connectivity index is 0.802. The zero-order chi connectivity index (χ0) is 48.8. The summed E-state index contributed by atoms with van der Waals surface area (Å²) in [7, 11) is 1.77. The summed E-state index contributed by atoms with van der Waals surface area (Å²) in [5.74, 6) is -0.477. The van der Waals surface area contributed by atoms with Gasteiger partial charge in [-0.25, -0.2) is 8.78 Å². The Morgan fingerprint density at radius 1 is 0.913 bits per heavy atom. The molecule has 6 heterocycles. The summed E-state index contributed by atoms with van der Waals surface area (Å²) in [4.78, 5) is 58.7. The minimum atomic E-state index is -2.69. The Labute approximate surface area is 406 Å². The standard InChI is InChI=1S/C54H71F2N9O4/c1-35(42-11-5-6-12-43(42)46(29-36(2)66)44-13-14-51(68)60-54(44)69)28-38-15-23-62(24-16-38)20-7-8-21-63-25-17-41(18-26-63)59-49-19-27-64(37(3)67)34-48(49)53(57)65-22-9-10-39-30-45(40-32-58-61(4)33-40)47(52(55)56)31-50(39)65/h5-6,11-12,30-33,38,41,44,46,52,57,59H,1,7-10,13-29,34H2,2-4H3,(H,60,68,69)/t44?,46-/m0/s1. The van der Waals surface area contributed by atoms with Crippen LogP contribution in [0.3, 0.4) is 0 Å². The summed E-state index contributed by atoms with van der Waals surface area (Å²) >= 11 is 0. The number of piperidine rings is 3. The van der Waals surface area contributed by atoms with E-state index in [9.17, 15) is 33.4 Å². The molecule has 3 saturated heterocycles. The number of amides is 3. The maximum atomic E-state index is 14.6. The van der Waals surface area contributed by atoms with Gasteiger partial charge in [-0.1, -0.05) is 30.8 Å². The number of anilines is 1. The first-order chi connectivity index (χ1) is 33.2. The number of likely N-dealkylation sites (tertiary alicyclic amines) is 2. The van der Waals surface area contributed by atoms with Gasteiger partial charge in [0.2, 0.25) is 17.7 Å². The molecule has 0 radical (unpaired) electrons. The number of Topliss-reactive ketones (excluding diaryl/α,β-unsaturated/α-hetero) is 1. The number of carbonyl (C=O) groups excluding carboxylic acids is 4. The highest BCUT2D eigenvalue weighted by Gasteiger charge is 2.37. The fourth-order valence-electron chi connectivity index (χ4n) is 11.5. The van der Waals surface area contributed by atoms with Crippen molar-refractivity contribution in [3.63, 3.8) is 0 Å². The van der Waals surface area contributed by atoms with Crippen molar-refractivity contribution in [3.8, 4) is 11.1 Å². The number of allylic oxidation sites excluding steroid dienone is 1. The van der Waals surface area contributed by atoms with Gasteiger partial charge in [0.15, 0.2) is 0 Å². The Kier molecular flexibility index (Phi) is 16.2. The van der Waals surface area contributed by atoms with Gasteiger partial charge >= 0.3 is 0 Å². The Morgan fingerprint density at radius 3 is 2.28 bits per heavy atom. The van der Waals surface area contributed by atoms with Gasteiger partial charge in [0.1, 0.15) is 11.6 Å². The van der Waals surface area contributed by atoms with Crippen LogP contribution >= 0.6 is 0 Å². The number of hydrogen-bond acceptors (Lipinski definition) is 9. The molecule has 13 nitrogen and oxygen atoms in total. The third-order valence-electron chi connectivity index (χ3n) is 15.4. The molecule has 3 N–H and O–H groups in total. The topological polar surface area (TPSA) is 147 Å². The SMILES string of the molecule is C=C(CC1CCN(CCCCN2CCC(NC3=C(C(=N)N4CCCc5cc(-c6cnn(C)c6)c(C(F)F)cc54)CN(C(C)=O)CC3)CC2)CC1)c1ccccc1[C@H](CC(C)=O)C1CCC(=O)NC1=O. The highest BCUT2D eigenvalue weighted by atomic mass is 19.3. The first-order valence-corrected chi connectivity index (χ1v) is 25.3. The van der Waals surface area contributed by atoms with Crippen LogP contribution in [0.2, 0.25) is 0 Å². The number of rotatable bonds is 17. The summed E-state index contributed by atoms with van der Waals surface area (Å²) < 4.78 is 30.9. The molecule has 5 aliphatic rings. The molecule has 2 atom stereocenters. The molecule has 1 aromatic heterocycles. The maximum absolute atomic E-state index is 14.6. The Morgan fingerprint density at radius 2 is 1.62 bits per heavy atom. The molecule has 0 saturated carbocycles. The van der Waals surface area contributed by atoms with Crippen LogP contribution in [0.5, 0.6) is 0 Å². The predicted molar refractivity (Wildman–Crippen MR) is 266 cm³/mol. The summed E-state index contributed by atoms with van der Waals surface area (Å²) in [6, 6.07) is 11.7. The number of carbonyl (C=O) groups is 4. The molecule has 1 unspecified atom stereocenters. The highest BCUT2D eigenvalue weighted by molar-refractivity contribution is 6.09. The number of aryl methyl sites for hydroxylation is 2. The smallest absolute Gasteiger partial charge is 0.264 e. The summed E-state index contributed by atoms with van der Waals surface area (Å²) in [6.07, 6.45) is 11.1. The van der Waals surface area contributed by atoms with E-state index in [0.717, 1.165) is 131 Å². The van der Waals surface area contributed by atoms with E-state index in [1.54, 1.807) is 48.9 Å². The summed E-state index contributed by atoms with van der Waals surface area (Å²) in [5.41, 5.74) is 7.44. The van der Waals surface area contributed by atoms with Gasteiger partial charge in [-0.3, -0.25) is 29.8 Å². The lowest BCUT2D eigenvalue weighted by Crippen LogP contribution is -2.48. The van der Waals surface area contributed by atoms with Crippen molar-refractivity contribution in [3.05, 3.63) is 88.9 Å². The molecule has 69 heavy (non-hydrogen) atoms. The quantitative estimate of drug-likeness (QED) is 0.0530. The molecule has 0 spiro atoms. The average molecular weight is 948 g/mol. The van der Waals surface area contributed by atoms with Crippen LogP contribution in [0.4, 0.5) is 14.5 Å². The van der Waals surface area contributed by atoms with Crippen molar-refractivity contribution >= 4 is 40.6 Å². The number of unbranched alkanes of at least 4 members (excludes halogenated alkanes) is 1. The van der Waals surface area contributed by atoms with Crippen LogP contribution in [-0.4, -0.2) is 119 Å². The van der Waals surface area contributed by atoms with E-state index in [0.29, 0.717) is 55.2 Å². The number of amidine groups is 1. The number of alkyl halides is 2. The average Bonchev–Trinajstić information content (AvgIpc) is 3.78. The van der Waals surface area contributed by atoms with Gasteiger partial charge in [-0.05, 0) is 143 Å². The molecular weight excluding hydrogens is 877 g/mol. The van der Waals surface area contributed by atoms with Gasteiger partial charge in [-0.2, -0.15) is 5.10 Å². The van der Waals surface area contributed by atoms with E-state index >= 15 is 0 Å². The van der Waals surface area contributed by atoms with E-state index in [4.69, 9.17) is 0 Å². The third kappa shape index (κ3) is 12.1. The number of fused-ring (bicyclic) bond motifs is 1. The maximum Gasteiger partial charge on any atom is 0.264 e. The van der Waals surface area contributed by atoms with Crippen molar-refractivity contribution < 1.29 is 28.0 Å². The summed E-state index contributed by atoms with van der Waals surface area (Å²) in [5, 5.41) is 20.1. The van der Waals surface area contributed by atoms with Crippen LogP contribution in [0.1, 0.15) is 125 Å². The van der Waals surface area contributed by atoms with Gasteiger partial charge in [-0.15, -0.1) is 0 Å². The van der Waals surface area contributed by atoms with Crippen molar-refractivity contribution in [2.24, 2.45) is 18.9 Å². The first-order valence-electron chi connectivity index (χ1n) is 25.3. The highest BCUT2D eigenvalue weighted by Crippen LogP contribution is 2.41. The number of imide groups is 1. The van der Waals surface area contributed by atoms with Crippen molar-refractivity contribution in [1.29, 1.82) is 5.41 Å². The molecule has 3 aromatic rings. The minimum Gasteiger partial charge on any atom is -0.385 e. The van der Waals surface area contributed by atoms with Crippen molar-refractivity contribution in [1.82, 2.24) is 35.1 Å². The number of ketones is 1. The van der Waals surface area contributed by atoms with Crippen molar-refractivity contribution in [2.45, 2.75) is 116 Å². The molecule has 0 aliphatic carbocycles. The monoisotopic (exact) mass is 948 g/mol. The third-order valence-corrected chi connectivity index (χ3v) is 15.4. The first kappa shape index (κ1) is 49.9. The number of hydrogen-bond donors (Lipinski definition) is 3. The second-order valence-corrected chi connectivity index (χ2v) is 20.2. The number of halogens is 2. The summed E-state index contributed by atoms with van der Waals surface area (Å²) in [6.45, 7) is 15.4. The van der Waals surface area contributed by atoms with Crippen LogP contribution < -0.4 is 15.5 Å². The molecule has 2 aromatic carbocycles. The fraction of sp³-hybridized carbons (Fsp3) is 0.556. The zero-order valence-electron chi connectivity index (χ0n) is 40.8. The zero-order valence-corrected chi connectivity index (χ0v) is 40.8. The van der Waals surface area contributed by atoms with E-state index in [1.165, 1.54) is 0 Å². The van der Waals surface area contributed by atoms with Gasteiger partial charge in [0.25, 0.3) is 6.43 Å². The normalized spacial score (nSPS) is 20.5. The van der Waals surface area contributed by atoms with Crippen LogP contribution in [0, 0.1) is 17.2 Å². The predicted octanol–water partition coefficient (Wildman–Crippen LogP) is 8.03. The Hall–Kier alpha value is -5.54. The number of benzene rings is 2. The largest absolute Gasteiger partial charge is 0.385 e. The van der Waals surface area contributed by atoms with Crippen LogP contribution in [0.15, 0.2) is 66.6 Å². The lowest BCUT2D eigenvalue weighted by Gasteiger charge is -2.39. The van der Waals surface area contributed by atoms with E-state index < -0.39 is 12.3 Å².